The van der Waals surface area contributed by atoms with Gasteiger partial charge in [-0.25, -0.2) is 0 Å². The second-order valence-electron chi connectivity index (χ2n) is 4.70. The summed E-state index contributed by atoms with van der Waals surface area (Å²) in [5.74, 6) is 5.79. The molecule has 0 bridgehead atoms. The number of rotatable bonds is 5. The zero-order chi connectivity index (χ0) is 13.0. The van der Waals surface area contributed by atoms with Crippen LogP contribution >= 0.6 is 11.3 Å². The highest BCUT2D eigenvalue weighted by molar-refractivity contribution is 7.10. The zero-order valence-corrected chi connectivity index (χ0v) is 11.9. The Kier molecular flexibility index (Phi) is 4.75. The van der Waals surface area contributed by atoms with Crippen LogP contribution in [0, 0.1) is 6.92 Å². The number of aryl methyl sites for hydroxylation is 1. The van der Waals surface area contributed by atoms with Gasteiger partial charge < -0.3 is 9.47 Å². The SMILES string of the molecule is CCOC1(C(NN)c2csc(C)c2)CCOCC1. The maximum atomic E-state index is 6.07. The van der Waals surface area contributed by atoms with Crippen molar-refractivity contribution in [2.24, 2.45) is 5.84 Å². The highest BCUT2D eigenvalue weighted by Crippen LogP contribution is 2.38. The molecule has 1 aliphatic rings. The predicted molar refractivity (Wildman–Crippen MR) is 73.5 cm³/mol. The van der Waals surface area contributed by atoms with E-state index in [1.807, 2.05) is 6.92 Å². The molecule has 0 saturated carbocycles. The minimum absolute atomic E-state index is 0.0336. The lowest BCUT2D eigenvalue weighted by Crippen LogP contribution is -2.51. The Morgan fingerprint density at radius 2 is 2.28 bits per heavy atom. The van der Waals surface area contributed by atoms with Crippen molar-refractivity contribution in [1.29, 1.82) is 0 Å². The minimum Gasteiger partial charge on any atom is -0.381 e. The Morgan fingerprint density at radius 1 is 1.56 bits per heavy atom. The first-order valence-corrected chi connectivity index (χ1v) is 7.32. The van der Waals surface area contributed by atoms with Gasteiger partial charge in [-0.15, -0.1) is 11.3 Å². The summed E-state index contributed by atoms with van der Waals surface area (Å²) >= 11 is 1.75. The molecule has 1 aromatic rings. The van der Waals surface area contributed by atoms with Gasteiger partial charge in [-0.05, 0) is 30.9 Å². The fourth-order valence-electron chi connectivity index (χ4n) is 2.69. The lowest BCUT2D eigenvalue weighted by atomic mass is 9.83. The highest BCUT2D eigenvalue weighted by atomic mass is 32.1. The molecule has 18 heavy (non-hydrogen) atoms. The molecule has 1 saturated heterocycles. The van der Waals surface area contributed by atoms with E-state index in [4.69, 9.17) is 15.3 Å². The number of hydrogen-bond acceptors (Lipinski definition) is 5. The number of nitrogens with one attached hydrogen (secondary N) is 1. The maximum Gasteiger partial charge on any atom is 0.0933 e. The van der Waals surface area contributed by atoms with Crippen LogP contribution in [0.25, 0.3) is 0 Å². The topological polar surface area (TPSA) is 56.5 Å². The van der Waals surface area contributed by atoms with Crippen molar-refractivity contribution < 1.29 is 9.47 Å². The summed E-state index contributed by atoms with van der Waals surface area (Å²) in [6.07, 6.45) is 1.76. The van der Waals surface area contributed by atoms with Crippen LogP contribution < -0.4 is 11.3 Å². The normalized spacial score (nSPS) is 20.8. The third kappa shape index (κ3) is 2.75. The molecule has 1 fully saturated rings. The summed E-state index contributed by atoms with van der Waals surface area (Å²) < 4.78 is 11.5. The predicted octanol–water partition coefficient (Wildman–Crippen LogP) is 2.15. The van der Waals surface area contributed by atoms with Gasteiger partial charge in [0, 0.05) is 37.5 Å². The first kappa shape index (κ1) is 14.0. The first-order valence-electron chi connectivity index (χ1n) is 6.44. The molecule has 5 heteroatoms. The molecule has 2 rings (SSSR count). The molecule has 1 aliphatic heterocycles. The van der Waals surface area contributed by atoms with Gasteiger partial charge in [-0.2, -0.15) is 0 Å². The van der Waals surface area contributed by atoms with Crippen LogP contribution in [0.2, 0.25) is 0 Å². The van der Waals surface area contributed by atoms with E-state index < -0.39 is 0 Å². The second kappa shape index (κ2) is 6.12. The van der Waals surface area contributed by atoms with Crippen LogP contribution in [-0.4, -0.2) is 25.4 Å². The Hall–Kier alpha value is -0.460. The average Bonchev–Trinajstić information content (AvgIpc) is 2.78. The second-order valence-corrected chi connectivity index (χ2v) is 5.82. The summed E-state index contributed by atoms with van der Waals surface area (Å²) in [5, 5.41) is 2.16. The molecule has 4 nitrogen and oxygen atoms in total. The van der Waals surface area contributed by atoms with E-state index in [0.717, 1.165) is 26.1 Å². The maximum absolute atomic E-state index is 6.07. The summed E-state index contributed by atoms with van der Waals surface area (Å²) in [6.45, 7) is 6.31. The van der Waals surface area contributed by atoms with Crippen molar-refractivity contribution in [3.8, 4) is 0 Å². The van der Waals surface area contributed by atoms with Gasteiger partial charge in [0.1, 0.15) is 0 Å². The van der Waals surface area contributed by atoms with Gasteiger partial charge in [-0.3, -0.25) is 11.3 Å². The summed E-state index contributed by atoms with van der Waals surface area (Å²) in [7, 11) is 0. The molecule has 2 heterocycles. The number of hydrogen-bond donors (Lipinski definition) is 2. The summed E-state index contributed by atoms with van der Waals surface area (Å²) in [6, 6.07) is 2.22. The number of ether oxygens (including phenoxy) is 2. The third-order valence-electron chi connectivity index (χ3n) is 3.55. The van der Waals surface area contributed by atoms with Gasteiger partial charge >= 0.3 is 0 Å². The van der Waals surface area contributed by atoms with Crippen LogP contribution in [0.4, 0.5) is 0 Å². The minimum atomic E-state index is -0.241. The van der Waals surface area contributed by atoms with Gasteiger partial charge in [0.25, 0.3) is 0 Å². The molecule has 0 aliphatic carbocycles. The van der Waals surface area contributed by atoms with Crippen molar-refractivity contribution in [2.75, 3.05) is 19.8 Å². The van der Waals surface area contributed by atoms with E-state index in [1.54, 1.807) is 11.3 Å². The van der Waals surface area contributed by atoms with Gasteiger partial charge in [0.2, 0.25) is 0 Å². The largest absolute Gasteiger partial charge is 0.381 e. The molecule has 0 spiro atoms. The molecule has 0 radical (unpaired) electrons. The molecule has 1 unspecified atom stereocenters. The van der Waals surface area contributed by atoms with E-state index >= 15 is 0 Å². The Labute approximate surface area is 112 Å². The van der Waals surface area contributed by atoms with Crippen molar-refractivity contribution in [2.45, 2.75) is 38.3 Å². The summed E-state index contributed by atoms with van der Waals surface area (Å²) in [5.41, 5.74) is 3.93. The monoisotopic (exact) mass is 270 g/mol. The lowest BCUT2D eigenvalue weighted by Gasteiger charge is -2.42. The van der Waals surface area contributed by atoms with Crippen molar-refractivity contribution in [1.82, 2.24) is 5.43 Å². The van der Waals surface area contributed by atoms with Gasteiger partial charge in [0.05, 0.1) is 11.6 Å². The van der Waals surface area contributed by atoms with Crippen molar-refractivity contribution in [3.05, 3.63) is 21.9 Å². The van der Waals surface area contributed by atoms with E-state index in [1.165, 1.54) is 10.4 Å². The Balaban J connectivity index is 2.26. The first-order chi connectivity index (χ1) is 8.72. The Bertz CT molecular complexity index is 369. The molecule has 3 N–H and O–H groups in total. The average molecular weight is 270 g/mol. The fourth-order valence-corrected chi connectivity index (χ4v) is 3.42. The van der Waals surface area contributed by atoms with Gasteiger partial charge in [-0.1, -0.05) is 0 Å². The van der Waals surface area contributed by atoms with Crippen LogP contribution in [-0.2, 0) is 9.47 Å². The van der Waals surface area contributed by atoms with Crippen LogP contribution in [0.1, 0.15) is 36.2 Å². The van der Waals surface area contributed by atoms with E-state index in [0.29, 0.717) is 6.61 Å². The zero-order valence-electron chi connectivity index (χ0n) is 11.1. The molecule has 0 amide bonds. The fraction of sp³-hybridized carbons (Fsp3) is 0.692. The molecule has 102 valence electrons. The number of nitrogens with two attached hydrogens (primary N) is 1. The summed E-state index contributed by atoms with van der Waals surface area (Å²) in [4.78, 5) is 1.30. The van der Waals surface area contributed by atoms with E-state index in [2.05, 4.69) is 23.8 Å². The molecule has 1 aromatic heterocycles. The Morgan fingerprint density at radius 3 is 2.78 bits per heavy atom. The number of thiophene rings is 1. The van der Waals surface area contributed by atoms with Crippen LogP contribution in [0.5, 0.6) is 0 Å². The third-order valence-corrected chi connectivity index (χ3v) is 4.43. The lowest BCUT2D eigenvalue weighted by molar-refractivity contribution is -0.128. The van der Waals surface area contributed by atoms with Gasteiger partial charge in [0.15, 0.2) is 0 Å². The molecule has 0 aromatic carbocycles. The molecule has 1 atom stereocenters. The smallest absolute Gasteiger partial charge is 0.0933 e. The van der Waals surface area contributed by atoms with E-state index in [9.17, 15) is 0 Å². The van der Waals surface area contributed by atoms with Crippen LogP contribution in [0.15, 0.2) is 11.4 Å². The van der Waals surface area contributed by atoms with E-state index in [-0.39, 0.29) is 11.6 Å². The standard InChI is InChI=1S/C13H22N2O2S/c1-3-17-13(4-6-16-7-5-13)12(15-14)11-8-10(2)18-9-11/h8-9,12,15H,3-7,14H2,1-2H3. The van der Waals surface area contributed by atoms with Crippen molar-refractivity contribution in [3.63, 3.8) is 0 Å². The van der Waals surface area contributed by atoms with Crippen molar-refractivity contribution >= 4 is 11.3 Å². The molecular formula is C13H22N2O2S. The highest BCUT2D eigenvalue weighted by Gasteiger charge is 2.41. The number of hydrazine groups is 1. The van der Waals surface area contributed by atoms with Crippen LogP contribution in [0.3, 0.4) is 0 Å². The quantitative estimate of drug-likeness (QED) is 0.636. The molecular weight excluding hydrogens is 248 g/mol.